The molecule has 0 unspecified atom stereocenters. The number of thiophene rings is 1. The molecule has 0 spiro atoms. The van der Waals surface area contributed by atoms with Crippen molar-refractivity contribution in [1.82, 2.24) is 5.32 Å². The Balaban J connectivity index is 2.08. The Morgan fingerprint density at radius 3 is 2.67 bits per heavy atom. The molecule has 21 heavy (non-hydrogen) atoms. The van der Waals surface area contributed by atoms with Gasteiger partial charge < -0.3 is 5.32 Å². The van der Waals surface area contributed by atoms with Crippen LogP contribution in [0.4, 0.5) is 5.69 Å². The quantitative estimate of drug-likeness (QED) is 0.826. The highest BCUT2D eigenvalue weighted by Gasteiger charge is 2.10. The summed E-state index contributed by atoms with van der Waals surface area (Å²) in [4.78, 5) is 12.0. The van der Waals surface area contributed by atoms with Crippen molar-refractivity contribution in [2.75, 3.05) is 11.0 Å². The molecule has 2 N–H and O–H groups in total. The third-order valence-electron chi connectivity index (χ3n) is 2.58. The van der Waals surface area contributed by atoms with E-state index in [4.69, 9.17) is 0 Å². The fourth-order valence-corrected chi connectivity index (χ4v) is 3.42. The van der Waals surface area contributed by atoms with Gasteiger partial charge in [0.1, 0.15) is 0 Å². The molecule has 112 valence electrons. The van der Waals surface area contributed by atoms with Crippen LogP contribution in [0.15, 0.2) is 39.5 Å². The number of rotatable bonds is 5. The lowest BCUT2D eigenvalue weighted by molar-refractivity contribution is 0.0951. The van der Waals surface area contributed by atoms with Gasteiger partial charge in [-0.25, -0.2) is 8.42 Å². The first-order valence-corrected chi connectivity index (χ1v) is 9.49. The number of nitrogens with one attached hydrogen (secondary N) is 2. The summed E-state index contributed by atoms with van der Waals surface area (Å²) in [6.45, 7) is 0.241. The van der Waals surface area contributed by atoms with Crippen LogP contribution < -0.4 is 10.0 Å². The van der Waals surface area contributed by atoms with E-state index in [1.165, 1.54) is 11.3 Å². The summed E-state index contributed by atoms with van der Waals surface area (Å²) < 4.78 is 25.9. The van der Waals surface area contributed by atoms with E-state index in [0.29, 0.717) is 16.8 Å². The molecule has 2 aromatic rings. The predicted molar refractivity (Wildman–Crippen MR) is 88.1 cm³/mol. The van der Waals surface area contributed by atoms with Crippen LogP contribution >= 0.6 is 27.3 Å². The number of sulfonamides is 1. The molecule has 5 nitrogen and oxygen atoms in total. The van der Waals surface area contributed by atoms with Crippen molar-refractivity contribution in [2.24, 2.45) is 0 Å². The number of benzene rings is 1. The molecule has 8 heteroatoms. The molecule has 0 bridgehead atoms. The highest BCUT2D eigenvalue weighted by Crippen LogP contribution is 2.21. The number of anilines is 1. The second-order valence-electron chi connectivity index (χ2n) is 4.35. The van der Waals surface area contributed by atoms with E-state index in [-0.39, 0.29) is 12.5 Å². The van der Waals surface area contributed by atoms with Crippen molar-refractivity contribution in [3.63, 3.8) is 0 Å². The van der Waals surface area contributed by atoms with Crippen LogP contribution in [0.25, 0.3) is 0 Å². The Bertz CT molecular complexity index is 756. The highest BCUT2D eigenvalue weighted by atomic mass is 79.9. The van der Waals surface area contributed by atoms with Crippen molar-refractivity contribution < 1.29 is 13.2 Å². The smallest absolute Gasteiger partial charge is 0.252 e. The van der Waals surface area contributed by atoms with Gasteiger partial charge in [-0.1, -0.05) is 18.2 Å². The minimum atomic E-state index is -3.35. The molecule has 0 radical (unpaired) electrons. The first-order chi connectivity index (χ1) is 9.85. The maximum absolute atomic E-state index is 12.0. The number of hydrogen-bond acceptors (Lipinski definition) is 4. The van der Waals surface area contributed by atoms with Crippen LogP contribution in [0.3, 0.4) is 0 Å². The van der Waals surface area contributed by atoms with E-state index in [0.717, 1.165) is 10.0 Å². The largest absolute Gasteiger partial charge is 0.348 e. The summed E-state index contributed by atoms with van der Waals surface area (Å²) in [6, 6.07) is 8.67. The first kappa shape index (κ1) is 16.0. The molecular weight excluding hydrogens is 376 g/mol. The minimum absolute atomic E-state index is 0.203. The molecule has 1 aromatic carbocycles. The summed E-state index contributed by atoms with van der Waals surface area (Å²) in [6.07, 6.45) is 1.09. The second kappa shape index (κ2) is 6.59. The van der Waals surface area contributed by atoms with Gasteiger partial charge >= 0.3 is 0 Å². The average Bonchev–Trinajstić information content (AvgIpc) is 2.82. The van der Waals surface area contributed by atoms with E-state index in [2.05, 4.69) is 26.0 Å². The van der Waals surface area contributed by atoms with Crippen molar-refractivity contribution in [1.29, 1.82) is 0 Å². The molecule has 0 aliphatic rings. The summed E-state index contributed by atoms with van der Waals surface area (Å²) in [5, 5.41) is 4.52. The van der Waals surface area contributed by atoms with Gasteiger partial charge in [-0.2, -0.15) is 0 Å². The molecule has 0 aliphatic carbocycles. The molecule has 0 atom stereocenters. The zero-order chi connectivity index (χ0) is 15.5. The van der Waals surface area contributed by atoms with Crippen LogP contribution in [0, 0.1) is 0 Å². The third-order valence-corrected chi connectivity index (χ3v) is 4.68. The summed E-state index contributed by atoms with van der Waals surface area (Å²) in [5.41, 5.74) is 1.73. The normalized spacial score (nSPS) is 11.1. The van der Waals surface area contributed by atoms with E-state index in [1.807, 2.05) is 0 Å². The fraction of sp³-hybridized carbons (Fsp3) is 0.154. The molecule has 1 heterocycles. The van der Waals surface area contributed by atoms with Crippen molar-refractivity contribution >= 4 is 48.9 Å². The van der Waals surface area contributed by atoms with E-state index in [1.54, 1.807) is 35.7 Å². The minimum Gasteiger partial charge on any atom is -0.348 e. The number of halogens is 1. The van der Waals surface area contributed by atoms with Crippen molar-refractivity contribution in [3.05, 3.63) is 50.6 Å². The number of hydrogen-bond donors (Lipinski definition) is 2. The van der Waals surface area contributed by atoms with E-state index >= 15 is 0 Å². The Hall–Kier alpha value is -1.38. The van der Waals surface area contributed by atoms with Crippen LogP contribution in [-0.4, -0.2) is 20.6 Å². The van der Waals surface area contributed by atoms with Gasteiger partial charge in [0.25, 0.3) is 5.91 Å². The molecule has 0 saturated carbocycles. The summed E-state index contributed by atoms with van der Waals surface area (Å²) in [7, 11) is -3.35. The molecular formula is C13H13BrN2O3S2. The zero-order valence-corrected chi connectivity index (χ0v) is 14.3. The third kappa shape index (κ3) is 4.83. The molecule has 0 fully saturated rings. The zero-order valence-electron chi connectivity index (χ0n) is 11.1. The fourth-order valence-electron chi connectivity index (χ4n) is 1.68. The topological polar surface area (TPSA) is 75.3 Å². The maximum atomic E-state index is 12.0. The maximum Gasteiger partial charge on any atom is 0.252 e. The molecule has 2 rings (SSSR count). The van der Waals surface area contributed by atoms with Gasteiger partial charge in [0.15, 0.2) is 0 Å². The summed E-state index contributed by atoms with van der Waals surface area (Å²) in [5.74, 6) is -0.203. The van der Waals surface area contributed by atoms with Gasteiger partial charge in [0, 0.05) is 11.9 Å². The Morgan fingerprint density at radius 2 is 2.05 bits per heavy atom. The van der Waals surface area contributed by atoms with Crippen molar-refractivity contribution in [2.45, 2.75) is 6.54 Å². The van der Waals surface area contributed by atoms with Gasteiger partial charge in [-0.15, -0.1) is 11.3 Å². The van der Waals surface area contributed by atoms with Gasteiger partial charge in [-0.05, 0) is 33.6 Å². The van der Waals surface area contributed by atoms with Crippen LogP contribution in [0.2, 0.25) is 0 Å². The second-order valence-corrected chi connectivity index (χ2v) is 8.39. The Kier molecular flexibility index (Phi) is 5.02. The predicted octanol–water partition coefficient (Wildman–Crippen LogP) is 2.81. The first-order valence-electron chi connectivity index (χ1n) is 5.93. The lowest BCUT2D eigenvalue weighted by Gasteiger charge is -2.11. The van der Waals surface area contributed by atoms with Crippen LogP contribution in [0.5, 0.6) is 0 Å². The monoisotopic (exact) mass is 388 g/mol. The number of carbonyl (C=O) groups excluding carboxylic acids is 1. The van der Waals surface area contributed by atoms with Crippen LogP contribution in [0.1, 0.15) is 15.9 Å². The van der Waals surface area contributed by atoms with Gasteiger partial charge in [0.2, 0.25) is 10.0 Å². The number of carbonyl (C=O) groups is 1. The molecule has 0 aliphatic heterocycles. The Labute approximate surface area is 135 Å². The number of para-hydroxylation sites is 1. The summed E-state index contributed by atoms with van der Waals surface area (Å²) >= 11 is 4.73. The van der Waals surface area contributed by atoms with Gasteiger partial charge in [0.05, 0.1) is 21.3 Å². The SMILES string of the molecule is CS(=O)(=O)Nc1ccccc1CNC(=O)c1csc(Br)c1. The lowest BCUT2D eigenvalue weighted by Crippen LogP contribution is -2.23. The van der Waals surface area contributed by atoms with Crippen molar-refractivity contribution in [3.8, 4) is 0 Å². The van der Waals surface area contributed by atoms with Gasteiger partial charge in [-0.3, -0.25) is 9.52 Å². The standard InChI is InChI=1S/C13H13BrN2O3S2/c1-21(18,19)16-11-5-3-2-4-9(11)7-15-13(17)10-6-12(14)20-8-10/h2-6,8,16H,7H2,1H3,(H,15,17). The molecule has 0 saturated heterocycles. The van der Waals surface area contributed by atoms with E-state index in [9.17, 15) is 13.2 Å². The number of amides is 1. The molecule has 1 aromatic heterocycles. The Morgan fingerprint density at radius 1 is 1.33 bits per heavy atom. The molecule has 1 amide bonds. The lowest BCUT2D eigenvalue weighted by atomic mass is 10.2. The van der Waals surface area contributed by atoms with Crippen LogP contribution in [-0.2, 0) is 16.6 Å². The van der Waals surface area contributed by atoms with E-state index < -0.39 is 10.0 Å². The highest BCUT2D eigenvalue weighted by molar-refractivity contribution is 9.11. The average molecular weight is 389 g/mol.